The first-order chi connectivity index (χ1) is 17.0. The summed E-state index contributed by atoms with van der Waals surface area (Å²) in [5, 5.41) is 6.04. The Morgan fingerprint density at radius 1 is 1.00 bits per heavy atom. The molecule has 35 heavy (non-hydrogen) atoms. The summed E-state index contributed by atoms with van der Waals surface area (Å²) in [5.41, 5.74) is 5.28. The number of nitrogens with one attached hydrogen (secondary N) is 2. The average Bonchev–Trinajstić information content (AvgIpc) is 3.60. The van der Waals surface area contributed by atoms with Crippen LogP contribution < -0.4 is 16.6 Å². The first-order valence-electron chi connectivity index (χ1n) is 12.6. The van der Waals surface area contributed by atoms with Crippen LogP contribution in [0.4, 0.5) is 0 Å². The van der Waals surface area contributed by atoms with Gasteiger partial charge in [0, 0.05) is 20.6 Å². The largest absolute Gasteiger partial charge is 0.306 e. The van der Waals surface area contributed by atoms with Crippen molar-refractivity contribution < 1.29 is 9.59 Å². The number of hydrogen-bond donors (Lipinski definition) is 3. The summed E-state index contributed by atoms with van der Waals surface area (Å²) in [7, 11) is 3.57. The van der Waals surface area contributed by atoms with Gasteiger partial charge in [0.15, 0.2) is 0 Å². The van der Waals surface area contributed by atoms with E-state index in [0.717, 1.165) is 57.3 Å². The third kappa shape index (κ3) is 8.14. The topological polar surface area (TPSA) is 93.9 Å². The van der Waals surface area contributed by atoms with Crippen molar-refractivity contribution in [2.24, 2.45) is 5.84 Å². The molecule has 4 rings (SSSR count). The van der Waals surface area contributed by atoms with Gasteiger partial charge in [0.1, 0.15) is 0 Å². The molecule has 4 N–H and O–H groups in total. The third-order valence-corrected chi connectivity index (χ3v) is 6.68. The van der Waals surface area contributed by atoms with Gasteiger partial charge in [-0.25, -0.2) is 11.3 Å². The number of rotatable bonds is 8. The first kappa shape index (κ1) is 26.8. The highest BCUT2D eigenvalue weighted by Gasteiger charge is 2.32. The third-order valence-electron chi connectivity index (χ3n) is 6.68. The highest BCUT2D eigenvalue weighted by Crippen LogP contribution is 2.19. The van der Waals surface area contributed by atoms with Gasteiger partial charge < -0.3 is 5.32 Å². The van der Waals surface area contributed by atoms with E-state index in [1.54, 1.807) is 19.1 Å². The van der Waals surface area contributed by atoms with Crippen molar-refractivity contribution in [1.29, 1.82) is 0 Å². The summed E-state index contributed by atoms with van der Waals surface area (Å²) in [6.45, 7) is 3.37. The molecule has 190 valence electrons. The molecule has 2 aliphatic rings. The van der Waals surface area contributed by atoms with Gasteiger partial charge in [-0.15, -0.1) is 0 Å². The molecule has 2 saturated heterocycles. The van der Waals surface area contributed by atoms with Gasteiger partial charge in [0.05, 0.1) is 18.6 Å². The van der Waals surface area contributed by atoms with E-state index in [2.05, 4.69) is 39.9 Å². The molecule has 8 nitrogen and oxygen atoms in total. The Balaban J connectivity index is 0.000000198. The Hall–Kier alpha value is -2.78. The maximum Gasteiger partial charge on any atom is 0.253 e. The maximum absolute atomic E-state index is 12.2. The van der Waals surface area contributed by atoms with Crippen molar-refractivity contribution in [2.75, 3.05) is 33.7 Å². The molecular weight excluding hydrogens is 440 g/mol. The molecule has 2 atom stereocenters. The lowest BCUT2D eigenvalue weighted by Gasteiger charge is -2.27. The minimum Gasteiger partial charge on any atom is -0.306 e. The number of benzene rings is 2. The summed E-state index contributed by atoms with van der Waals surface area (Å²) in [5.74, 6) is 5.93. The number of carbonyl (C=O) groups is 2. The monoisotopic (exact) mass is 480 g/mol. The second kappa shape index (κ2) is 13.9. The van der Waals surface area contributed by atoms with Gasteiger partial charge in [-0.1, -0.05) is 60.7 Å². The van der Waals surface area contributed by atoms with Gasteiger partial charge in [0.25, 0.3) is 11.8 Å². The minimum atomic E-state index is -0.0892. The predicted molar refractivity (Wildman–Crippen MR) is 139 cm³/mol. The van der Waals surface area contributed by atoms with Crippen molar-refractivity contribution in [3.05, 3.63) is 71.8 Å². The van der Waals surface area contributed by atoms with Gasteiger partial charge in [-0.3, -0.25) is 24.5 Å². The molecule has 2 aromatic rings. The van der Waals surface area contributed by atoms with Crippen LogP contribution in [-0.2, 0) is 22.6 Å². The Morgan fingerprint density at radius 3 is 2.26 bits per heavy atom. The minimum absolute atomic E-state index is 0.0126. The van der Waals surface area contributed by atoms with Crippen LogP contribution in [0.25, 0.3) is 0 Å². The Morgan fingerprint density at radius 2 is 1.66 bits per heavy atom. The van der Waals surface area contributed by atoms with Crippen LogP contribution in [0, 0.1) is 0 Å². The van der Waals surface area contributed by atoms with Gasteiger partial charge in [0.2, 0.25) is 0 Å². The van der Waals surface area contributed by atoms with Crippen LogP contribution in [-0.4, -0.2) is 72.5 Å². The molecule has 2 fully saturated rings. The highest BCUT2D eigenvalue weighted by atomic mass is 16.2. The second-order valence-corrected chi connectivity index (χ2v) is 9.15. The lowest BCUT2D eigenvalue weighted by Crippen LogP contribution is -2.48. The van der Waals surface area contributed by atoms with Crippen molar-refractivity contribution in [2.45, 2.75) is 50.7 Å². The van der Waals surface area contributed by atoms with Crippen molar-refractivity contribution >= 4 is 11.8 Å². The lowest BCUT2D eigenvalue weighted by molar-refractivity contribution is -0.137. The van der Waals surface area contributed by atoms with E-state index in [9.17, 15) is 9.59 Å². The van der Waals surface area contributed by atoms with Crippen molar-refractivity contribution in [3.8, 4) is 0 Å². The number of likely N-dealkylation sites (tertiary alicyclic amines) is 1. The number of nitrogens with two attached hydrogens (primary N) is 1. The average molecular weight is 481 g/mol. The molecule has 2 aromatic carbocycles. The van der Waals surface area contributed by atoms with Crippen LogP contribution in [0.1, 0.15) is 36.8 Å². The quantitative estimate of drug-likeness (QED) is 0.304. The standard InChI is InChI=1S/C15H23N3O.C12H17N3O/c1-16-17(2)15(19)14-9-6-11-18(14)12-10-13-7-4-3-5-8-13;13-15(9-10-5-2-1-3-6-10)12(16)11-7-4-8-14-11/h3-5,7-8,14,16H,6,9-12H2,1-2H3;1-3,5-6,11,14H,4,7-9,13H2/t14-;11-/m11/s1. The summed E-state index contributed by atoms with van der Waals surface area (Å²) in [6, 6.07) is 20.2. The SMILES string of the molecule is CNN(C)C(=O)[C@H]1CCCN1CCc1ccccc1.NN(Cc1ccccc1)C(=O)[C@H]1CCCN1. The lowest BCUT2D eigenvalue weighted by atomic mass is 10.1. The van der Waals surface area contributed by atoms with E-state index < -0.39 is 0 Å². The van der Waals surface area contributed by atoms with E-state index in [0.29, 0.717) is 6.54 Å². The zero-order valence-electron chi connectivity index (χ0n) is 21.0. The van der Waals surface area contributed by atoms with E-state index in [1.807, 2.05) is 36.4 Å². The molecule has 2 amide bonds. The molecule has 8 heteroatoms. The molecule has 0 radical (unpaired) electrons. The van der Waals surface area contributed by atoms with Crippen LogP contribution in [0.15, 0.2) is 60.7 Å². The summed E-state index contributed by atoms with van der Waals surface area (Å²) in [4.78, 5) is 26.4. The van der Waals surface area contributed by atoms with Gasteiger partial charge in [-0.2, -0.15) is 0 Å². The highest BCUT2D eigenvalue weighted by molar-refractivity contribution is 5.82. The van der Waals surface area contributed by atoms with Gasteiger partial charge in [-0.05, 0) is 56.3 Å². The summed E-state index contributed by atoms with van der Waals surface area (Å²) in [6.07, 6.45) is 5.03. The molecule has 2 heterocycles. The molecule has 0 unspecified atom stereocenters. The molecular formula is C27H40N6O2. The first-order valence-corrected chi connectivity index (χ1v) is 12.6. The number of hydrazine groups is 2. The van der Waals surface area contributed by atoms with E-state index in [1.165, 1.54) is 10.6 Å². The van der Waals surface area contributed by atoms with E-state index >= 15 is 0 Å². The van der Waals surface area contributed by atoms with Crippen LogP contribution in [0.5, 0.6) is 0 Å². The Labute approximate surface area is 209 Å². The zero-order valence-corrected chi connectivity index (χ0v) is 21.0. The number of nitrogens with zero attached hydrogens (tertiary/aromatic N) is 3. The fourth-order valence-electron chi connectivity index (χ4n) is 4.58. The number of hydrogen-bond acceptors (Lipinski definition) is 6. The smallest absolute Gasteiger partial charge is 0.253 e. The van der Waals surface area contributed by atoms with Crippen molar-refractivity contribution in [3.63, 3.8) is 0 Å². The van der Waals surface area contributed by atoms with Crippen LogP contribution >= 0.6 is 0 Å². The van der Waals surface area contributed by atoms with E-state index in [-0.39, 0.29) is 23.9 Å². The molecule has 0 aromatic heterocycles. The fourth-order valence-corrected chi connectivity index (χ4v) is 4.58. The molecule has 0 aliphatic carbocycles. The molecule has 0 saturated carbocycles. The summed E-state index contributed by atoms with van der Waals surface area (Å²) < 4.78 is 0. The zero-order chi connectivity index (χ0) is 25.0. The maximum atomic E-state index is 12.2. The summed E-state index contributed by atoms with van der Waals surface area (Å²) >= 11 is 0. The molecule has 2 aliphatic heterocycles. The van der Waals surface area contributed by atoms with Crippen LogP contribution in [0.2, 0.25) is 0 Å². The van der Waals surface area contributed by atoms with Gasteiger partial charge >= 0.3 is 0 Å². The molecule has 0 bridgehead atoms. The number of likely N-dealkylation sites (N-methyl/N-ethyl adjacent to an activating group) is 1. The Bertz CT molecular complexity index is 904. The normalized spacial score (nSPS) is 19.6. The van der Waals surface area contributed by atoms with Crippen LogP contribution in [0.3, 0.4) is 0 Å². The number of amides is 2. The van der Waals surface area contributed by atoms with Crippen molar-refractivity contribution in [1.82, 2.24) is 25.7 Å². The van der Waals surface area contributed by atoms with E-state index in [4.69, 9.17) is 5.84 Å². The second-order valence-electron chi connectivity index (χ2n) is 9.15. The fraction of sp³-hybridized carbons (Fsp3) is 0.481. The Kier molecular flexibility index (Phi) is 10.7. The predicted octanol–water partition coefficient (Wildman–Crippen LogP) is 1.93. The molecule has 0 spiro atoms. The number of carbonyl (C=O) groups excluding carboxylic acids is 2.